The van der Waals surface area contributed by atoms with E-state index in [0.29, 0.717) is 19.3 Å². The first-order chi connectivity index (χ1) is 26.1. The Hall–Kier alpha value is -1.59. The summed E-state index contributed by atoms with van der Waals surface area (Å²) < 4.78 is 16.7. The molecule has 0 aliphatic rings. The van der Waals surface area contributed by atoms with E-state index in [4.69, 9.17) is 14.2 Å². The second-order valence-corrected chi connectivity index (χ2v) is 17.6. The van der Waals surface area contributed by atoms with E-state index in [1.54, 1.807) is 0 Å². The van der Waals surface area contributed by atoms with Crippen LogP contribution in [0, 0.1) is 17.8 Å². The van der Waals surface area contributed by atoms with E-state index in [1.807, 2.05) is 0 Å². The molecule has 0 N–H and O–H groups in total. The Bertz CT molecular complexity index is 839. The number of hydrogen-bond donors (Lipinski definition) is 0. The van der Waals surface area contributed by atoms with E-state index in [2.05, 4.69) is 41.5 Å². The van der Waals surface area contributed by atoms with Crippen molar-refractivity contribution in [3.63, 3.8) is 0 Å². The van der Waals surface area contributed by atoms with Gasteiger partial charge in [0.25, 0.3) is 0 Å². The molecule has 1 unspecified atom stereocenters. The average molecular weight is 765 g/mol. The summed E-state index contributed by atoms with van der Waals surface area (Å²) in [6, 6.07) is 0. The SMILES string of the molecule is CCC(C)CCCCCCCCCCCCC(=O)O[C@@H](COC(=O)CCCCCCCCCCCCC(C)C)COC(=O)CCCCCCCCC(C)C. The number of unbranched alkanes of at least 4 members (excludes halogenated alkanes) is 23. The summed E-state index contributed by atoms with van der Waals surface area (Å²) >= 11 is 0. The zero-order valence-electron chi connectivity index (χ0n) is 37.0. The van der Waals surface area contributed by atoms with Gasteiger partial charge in [-0.25, -0.2) is 0 Å². The highest BCUT2D eigenvalue weighted by Crippen LogP contribution is 2.17. The molecule has 0 saturated carbocycles. The summed E-state index contributed by atoms with van der Waals surface area (Å²) in [7, 11) is 0. The molecule has 0 aliphatic heterocycles. The molecule has 0 aromatic heterocycles. The Morgan fingerprint density at radius 1 is 0.370 bits per heavy atom. The number of ether oxygens (including phenoxy) is 3. The predicted octanol–water partition coefficient (Wildman–Crippen LogP) is 14.8. The van der Waals surface area contributed by atoms with Crippen molar-refractivity contribution in [2.45, 2.75) is 260 Å². The van der Waals surface area contributed by atoms with E-state index in [1.165, 1.54) is 135 Å². The van der Waals surface area contributed by atoms with Crippen LogP contribution in [0.15, 0.2) is 0 Å². The topological polar surface area (TPSA) is 78.9 Å². The third-order valence-electron chi connectivity index (χ3n) is 11.0. The van der Waals surface area contributed by atoms with Crippen molar-refractivity contribution >= 4 is 17.9 Å². The van der Waals surface area contributed by atoms with Crippen molar-refractivity contribution in [2.24, 2.45) is 17.8 Å². The largest absolute Gasteiger partial charge is 0.462 e. The fraction of sp³-hybridized carbons (Fsp3) is 0.938. The molecule has 0 aromatic carbocycles. The van der Waals surface area contributed by atoms with E-state index < -0.39 is 6.10 Å². The zero-order chi connectivity index (χ0) is 39.9. The van der Waals surface area contributed by atoms with Gasteiger partial charge >= 0.3 is 17.9 Å². The minimum Gasteiger partial charge on any atom is -0.462 e. The van der Waals surface area contributed by atoms with Crippen LogP contribution in [0.3, 0.4) is 0 Å². The maximum absolute atomic E-state index is 12.7. The quantitative estimate of drug-likeness (QED) is 0.0350. The van der Waals surface area contributed by atoms with Crippen molar-refractivity contribution in [3.8, 4) is 0 Å². The van der Waals surface area contributed by atoms with Crippen LogP contribution in [0.2, 0.25) is 0 Å². The van der Waals surface area contributed by atoms with Gasteiger partial charge in [-0.15, -0.1) is 0 Å². The molecular weight excluding hydrogens is 673 g/mol. The monoisotopic (exact) mass is 765 g/mol. The van der Waals surface area contributed by atoms with Crippen LogP contribution in [-0.4, -0.2) is 37.2 Å². The lowest BCUT2D eigenvalue weighted by atomic mass is 9.99. The van der Waals surface area contributed by atoms with Gasteiger partial charge in [0.1, 0.15) is 13.2 Å². The molecule has 0 aliphatic carbocycles. The minimum atomic E-state index is -0.762. The van der Waals surface area contributed by atoms with Crippen LogP contribution in [0.4, 0.5) is 0 Å². The van der Waals surface area contributed by atoms with E-state index in [0.717, 1.165) is 75.5 Å². The minimum absolute atomic E-state index is 0.0664. The highest BCUT2D eigenvalue weighted by atomic mass is 16.6. The first-order valence-electron chi connectivity index (χ1n) is 23.6. The van der Waals surface area contributed by atoms with Crippen LogP contribution < -0.4 is 0 Å². The number of carbonyl (C=O) groups excluding carboxylic acids is 3. The van der Waals surface area contributed by atoms with E-state index >= 15 is 0 Å². The van der Waals surface area contributed by atoms with Gasteiger partial charge in [-0.2, -0.15) is 0 Å². The summed E-state index contributed by atoms with van der Waals surface area (Å²) in [4.78, 5) is 37.7. The molecule has 6 nitrogen and oxygen atoms in total. The van der Waals surface area contributed by atoms with E-state index in [-0.39, 0.29) is 31.1 Å². The van der Waals surface area contributed by atoms with E-state index in [9.17, 15) is 14.4 Å². The Morgan fingerprint density at radius 2 is 0.648 bits per heavy atom. The molecule has 0 aromatic rings. The van der Waals surface area contributed by atoms with Gasteiger partial charge in [0.15, 0.2) is 6.10 Å². The van der Waals surface area contributed by atoms with Gasteiger partial charge in [0, 0.05) is 19.3 Å². The number of hydrogen-bond acceptors (Lipinski definition) is 6. The third-order valence-corrected chi connectivity index (χ3v) is 11.0. The van der Waals surface area contributed by atoms with Crippen molar-refractivity contribution < 1.29 is 28.6 Å². The molecule has 0 rings (SSSR count). The number of carbonyl (C=O) groups is 3. The second kappa shape index (κ2) is 39.6. The summed E-state index contributed by atoms with van der Waals surface area (Å²) in [6.07, 6.45) is 36.7. The Morgan fingerprint density at radius 3 is 0.963 bits per heavy atom. The lowest BCUT2D eigenvalue weighted by molar-refractivity contribution is -0.167. The zero-order valence-corrected chi connectivity index (χ0v) is 37.0. The fourth-order valence-corrected chi connectivity index (χ4v) is 7.02. The van der Waals surface area contributed by atoms with Gasteiger partial charge in [-0.05, 0) is 37.0 Å². The molecule has 0 radical (unpaired) electrons. The fourth-order valence-electron chi connectivity index (χ4n) is 7.02. The molecule has 0 heterocycles. The molecule has 6 heteroatoms. The number of rotatable bonds is 41. The lowest BCUT2D eigenvalue weighted by Crippen LogP contribution is -2.30. The van der Waals surface area contributed by atoms with Crippen LogP contribution in [0.5, 0.6) is 0 Å². The van der Waals surface area contributed by atoms with Gasteiger partial charge in [0.2, 0.25) is 0 Å². The molecule has 2 atom stereocenters. The summed E-state index contributed by atoms with van der Waals surface area (Å²) in [5.41, 5.74) is 0. The van der Waals surface area contributed by atoms with Gasteiger partial charge in [-0.1, -0.05) is 215 Å². The summed E-state index contributed by atoms with van der Waals surface area (Å²) in [5, 5.41) is 0. The van der Waals surface area contributed by atoms with Crippen LogP contribution in [0.1, 0.15) is 253 Å². The van der Waals surface area contributed by atoms with Crippen LogP contribution in [0.25, 0.3) is 0 Å². The highest BCUT2D eigenvalue weighted by Gasteiger charge is 2.19. The predicted molar refractivity (Wildman–Crippen MR) is 229 cm³/mol. The molecule has 320 valence electrons. The average Bonchev–Trinajstić information content (AvgIpc) is 3.14. The first-order valence-corrected chi connectivity index (χ1v) is 23.6. The van der Waals surface area contributed by atoms with Gasteiger partial charge in [-0.3, -0.25) is 14.4 Å². The Kier molecular flexibility index (Phi) is 38.5. The van der Waals surface area contributed by atoms with Gasteiger partial charge < -0.3 is 14.2 Å². The summed E-state index contributed by atoms with van der Waals surface area (Å²) in [5.74, 6) is 1.58. The molecule has 0 bridgehead atoms. The molecular formula is C48H92O6. The Balaban J connectivity index is 4.33. The van der Waals surface area contributed by atoms with Crippen molar-refractivity contribution in [2.75, 3.05) is 13.2 Å². The number of esters is 3. The van der Waals surface area contributed by atoms with Crippen molar-refractivity contribution in [1.29, 1.82) is 0 Å². The van der Waals surface area contributed by atoms with Crippen LogP contribution in [-0.2, 0) is 28.6 Å². The van der Waals surface area contributed by atoms with Crippen LogP contribution >= 0.6 is 0 Å². The smallest absolute Gasteiger partial charge is 0.306 e. The standard InChI is InChI=1S/C48H92O6/c1-7-44(6)36-30-24-17-13-9-11-15-19-27-33-39-48(51)54-45(41-53-47(50)38-32-26-21-20-23-29-35-43(4)5)40-52-46(49)37-31-25-18-14-10-8-12-16-22-28-34-42(2)3/h42-45H,7-41H2,1-6H3/t44?,45-/m0/s1. The molecule has 0 spiro atoms. The molecule has 0 amide bonds. The van der Waals surface area contributed by atoms with Crippen molar-refractivity contribution in [1.82, 2.24) is 0 Å². The molecule has 0 saturated heterocycles. The maximum atomic E-state index is 12.7. The highest BCUT2D eigenvalue weighted by molar-refractivity contribution is 5.71. The maximum Gasteiger partial charge on any atom is 0.306 e. The summed E-state index contributed by atoms with van der Waals surface area (Å²) in [6.45, 7) is 13.6. The second-order valence-electron chi connectivity index (χ2n) is 17.6. The normalized spacial score (nSPS) is 12.7. The third kappa shape index (κ3) is 40.1. The Labute approximate surface area is 336 Å². The lowest BCUT2D eigenvalue weighted by Gasteiger charge is -2.18. The molecule has 0 fully saturated rings. The molecule has 54 heavy (non-hydrogen) atoms. The van der Waals surface area contributed by atoms with Crippen molar-refractivity contribution in [3.05, 3.63) is 0 Å². The van der Waals surface area contributed by atoms with Gasteiger partial charge in [0.05, 0.1) is 0 Å². The first kappa shape index (κ1) is 52.4.